The van der Waals surface area contributed by atoms with Gasteiger partial charge in [0.1, 0.15) is 5.82 Å². The van der Waals surface area contributed by atoms with Crippen LogP contribution in [0.1, 0.15) is 39.1 Å². The van der Waals surface area contributed by atoms with Crippen LogP contribution in [-0.4, -0.2) is 29.7 Å². The van der Waals surface area contributed by atoms with E-state index in [0.717, 1.165) is 6.42 Å². The van der Waals surface area contributed by atoms with Crippen molar-refractivity contribution in [2.45, 2.75) is 12.8 Å². The number of nitriles is 1. The van der Waals surface area contributed by atoms with Gasteiger partial charge in [-0.2, -0.15) is 5.26 Å². The second kappa shape index (κ2) is 7.27. The van der Waals surface area contributed by atoms with Gasteiger partial charge in [-0.1, -0.05) is 0 Å². The molecule has 1 aliphatic heterocycles. The number of ketones is 1. The fourth-order valence-corrected chi connectivity index (χ4v) is 3.10. The monoisotopic (exact) mass is 336 g/mol. The molecule has 0 radical (unpaired) electrons. The third kappa shape index (κ3) is 3.74. The highest BCUT2D eigenvalue weighted by Gasteiger charge is 2.29. The minimum absolute atomic E-state index is 0.0580. The summed E-state index contributed by atoms with van der Waals surface area (Å²) < 4.78 is 13.0. The highest BCUT2D eigenvalue weighted by molar-refractivity contribution is 5.99. The van der Waals surface area contributed by atoms with E-state index in [1.54, 1.807) is 29.2 Å². The van der Waals surface area contributed by atoms with Gasteiger partial charge in [-0.05, 0) is 61.4 Å². The number of amides is 1. The van der Waals surface area contributed by atoms with E-state index in [-0.39, 0.29) is 23.4 Å². The summed E-state index contributed by atoms with van der Waals surface area (Å²) in [6.07, 6.45) is 1.47. The first-order valence-electron chi connectivity index (χ1n) is 8.17. The van der Waals surface area contributed by atoms with Crippen molar-refractivity contribution in [2.24, 2.45) is 5.92 Å². The molecule has 1 fully saturated rings. The summed E-state index contributed by atoms with van der Waals surface area (Å²) in [4.78, 5) is 26.9. The third-order valence-electron chi connectivity index (χ3n) is 4.47. The van der Waals surface area contributed by atoms with Crippen LogP contribution in [0.4, 0.5) is 4.39 Å². The molecule has 1 aliphatic rings. The molecule has 2 aromatic rings. The molecule has 126 valence electrons. The van der Waals surface area contributed by atoms with E-state index < -0.39 is 0 Å². The number of benzene rings is 2. The Morgan fingerprint density at radius 1 is 1.04 bits per heavy atom. The van der Waals surface area contributed by atoms with E-state index in [1.807, 2.05) is 6.07 Å². The van der Waals surface area contributed by atoms with E-state index in [0.29, 0.717) is 36.2 Å². The quantitative estimate of drug-likeness (QED) is 0.807. The molecule has 25 heavy (non-hydrogen) atoms. The molecule has 0 aromatic heterocycles. The first kappa shape index (κ1) is 16.8. The summed E-state index contributed by atoms with van der Waals surface area (Å²) in [5.41, 5.74) is 1.48. The van der Waals surface area contributed by atoms with Crippen LogP contribution in [0.5, 0.6) is 0 Å². The normalized spacial score (nSPS) is 17.0. The van der Waals surface area contributed by atoms with Crippen molar-refractivity contribution in [3.63, 3.8) is 0 Å². The second-order valence-corrected chi connectivity index (χ2v) is 6.15. The van der Waals surface area contributed by atoms with Gasteiger partial charge in [0.2, 0.25) is 0 Å². The summed E-state index contributed by atoms with van der Waals surface area (Å²) in [7, 11) is 0. The zero-order valence-corrected chi connectivity index (χ0v) is 13.6. The van der Waals surface area contributed by atoms with Gasteiger partial charge in [-0.25, -0.2) is 4.39 Å². The van der Waals surface area contributed by atoms with Crippen LogP contribution >= 0.6 is 0 Å². The second-order valence-electron chi connectivity index (χ2n) is 6.15. The van der Waals surface area contributed by atoms with E-state index in [9.17, 15) is 14.0 Å². The molecule has 0 spiro atoms. The van der Waals surface area contributed by atoms with Crippen molar-refractivity contribution in [1.82, 2.24) is 4.90 Å². The molecule has 2 aromatic carbocycles. The Bertz CT molecular complexity index is 822. The lowest BCUT2D eigenvalue weighted by atomic mass is 9.89. The van der Waals surface area contributed by atoms with Gasteiger partial charge < -0.3 is 4.90 Å². The summed E-state index contributed by atoms with van der Waals surface area (Å²) in [6.45, 7) is 0.959. The van der Waals surface area contributed by atoms with Gasteiger partial charge in [0, 0.05) is 30.1 Å². The molecular formula is C20H17FN2O2. The van der Waals surface area contributed by atoms with Crippen molar-refractivity contribution in [3.8, 4) is 6.07 Å². The summed E-state index contributed by atoms with van der Waals surface area (Å²) in [5.74, 6) is -0.849. The first-order chi connectivity index (χ1) is 12.1. The van der Waals surface area contributed by atoms with Crippen molar-refractivity contribution in [3.05, 3.63) is 71.0 Å². The third-order valence-corrected chi connectivity index (χ3v) is 4.47. The number of carbonyl (C=O) groups excluding carboxylic acids is 2. The van der Waals surface area contributed by atoms with Gasteiger partial charge in [-0.3, -0.25) is 9.59 Å². The van der Waals surface area contributed by atoms with Gasteiger partial charge in [0.05, 0.1) is 11.6 Å². The molecule has 5 heteroatoms. The van der Waals surface area contributed by atoms with Crippen molar-refractivity contribution >= 4 is 11.7 Å². The first-order valence-corrected chi connectivity index (χ1v) is 8.17. The SMILES string of the molecule is N#Cc1ccc(C(=O)N2CCCC(C(=O)c3ccc(F)cc3)C2)cc1. The largest absolute Gasteiger partial charge is 0.338 e. The number of hydrogen-bond donors (Lipinski definition) is 0. The average Bonchev–Trinajstić information content (AvgIpc) is 2.67. The molecule has 0 saturated carbocycles. The summed E-state index contributed by atoms with van der Waals surface area (Å²) in [6, 6.07) is 14.0. The molecule has 3 rings (SSSR count). The Hall–Kier alpha value is -3.00. The molecule has 1 atom stereocenters. The van der Waals surface area contributed by atoms with Crippen molar-refractivity contribution in [1.29, 1.82) is 5.26 Å². The van der Waals surface area contributed by atoms with Crippen LogP contribution in [-0.2, 0) is 0 Å². The highest BCUT2D eigenvalue weighted by atomic mass is 19.1. The lowest BCUT2D eigenvalue weighted by molar-refractivity contribution is 0.0637. The van der Waals surface area contributed by atoms with Gasteiger partial charge in [0.25, 0.3) is 5.91 Å². The summed E-state index contributed by atoms with van der Waals surface area (Å²) in [5, 5.41) is 8.83. The van der Waals surface area contributed by atoms with Crippen LogP contribution in [0.3, 0.4) is 0 Å². The minimum atomic E-state index is -0.377. The summed E-state index contributed by atoms with van der Waals surface area (Å²) >= 11 is 0. The Kier molecular flexibility index (Phi) is 4.90. The number of carbonyl (C=O) groups is 2. The van der Waals surface area contributed by atoms with Gasteiger partial charge in [-0.15, -0.1) is 0 Å². The maximum atomic E-state index is 13.0. The fourth-order valence-electron chi connectivity index (χ4n) is 3.10. The van der Waals surface area contributed by atoms with E-state index in [4.69, 9.17) is 5.26 Å². The number of hydrogen-bond acceptors (Lipinski definition) is 3. The minimum Gasteiger partial charge on any atom is -0.338 e. The molecular weight excluding hydrogens is 319 g/mol. The number of Topliss-reactive ketones (excluding diaryl/α,β-unsaturated/α-hetero) is 1. The standard InChI is InChI=1S/C20H17FN2O2/c21-18-9-7-15(8-10-18)19(24)17-2-1-11-23(13-17)20(25)16-5-3-14(12-22)4-6-16/h3-10,17H,1-2,11,13H2. The van der Waals surface area contributed by atoms with Crippen LogP contribution in [0.25, 0.3) is 0 Å². The Balaban J connectivity index is 1.71. The fraction of sp³-hybridized carbons (Fsp3) is 0.250. The van der Waals surface area contributed by atoms with Crippen LogP contribution < -0.4 is 0 Å². The van der Waals surface area contributed by atoms with Gasteiger partial charge in [0.15, 0.2) is 5.78 Å². The predicted octanol–water partition coefficient (Wildman–Crippen LogP) is 3.43. The molecule has 0 N–H and O–H groups in total. The zero-order valence-electron chi connectivity index (χ0n) is 13.6. The average molecular weight is 336 g/mol. The lowest BCUT2D eigenvalue weighted by Gasteiger charge is -2.32. The predicted molar refractivity (Wildman–Crippen MR) is 90.5 cm³/mol. The molecule has 0 bridgehead atoms. The Morgan fingerprint density at radius 2 is 1.68 bits per heavy atom. The lowest BCUT2D eigenvalue weighted by Crippen LogP contribution is -2.42. The molecule has 1 saturated heterocycles. The number of nitrogens with zero attached hydrogens (tertiary/aromatic N) is 2. The van der Waals surface area contributed by atoms with Crippen LogP contribution in [0, 0.1) is 23.1 Å². The maximum Gasteiger partial charge on any atom is 0.253 e. The Labute approximate surface area is 145 Å². The van der Waals surface area contributed by atoms with Crippen LogP contribution in [0.2, 0.25) is 0 Å². The highest BCUT2D eigenvalue weighted by Crippen LogP contribution is 2.22. The van der Waals surface area contributed by atoms with Crippen LogP contribution in [0.15, 0.2) is 48.5 Å². The number of rotatable bonds is 3. The molecule has 1 unspecified atom stereocenters. The van der Waals surface area contributed by atoms with Crippen molar-refractivity contribution in [2.75, 3.05) is 13.1 Å². The molecule has 4 nitrogen and oxygen atoms in total. The van der Waals surface area contributed by atoms with E-state index in [2.05, 4.69) is 0 Å². The van der Waals surface area contributed by atoms with Crippen molar-refractivity contribution < 1.29 is 14.0 Å². The number of likely N-dealkylation sites (tertiary alicyclic amines) is 1. The maximum absolute atomic E-state index is 13.0. The molecule has 0 aliphatic carbocycles. The Morgan fingerprint density at radius 3 is 2.32 bits per heavy atom. The topological polar surface area (TPSA) is 61.2 Å². The number of piperidine rings is 1. The number of halogens is 1. The molecule has 1 heterocycles. The zero-order chi connectivity index (χ0) is 17.8. The van der Waals surface area contributed by atoms with Gasteiger partial charge >= 0.3 is 0 Å². The smallest absolute Gasteiger partial charge is 0.253 e. The van der Waals surface area contributed by atoms with E-state index >= 15 is 0 Å². The van der Waals surface area contributed by atoms with E-state index in [1.165, 1.54) is 24.3 Å². The molecule has 1 amide bonds.